The van der Waals surface area contributed by atoms with E-state index < -0.39 is 23.3 Å². The van der Waals surface area contributed by atoms with Crippen LogP contribution in [0.15, 0.2) is 59.5 Å². The maximum atomic E-state index is 15.5. The quantitative estimate of drug-likeness (QED) is 0.219. The molecule has 1 amide bonds. The average Bonchev–Trinajstić information content (AvgIpc) is 3.81. The van der Waals surface area contributed by atoms with Crippen molar-refractivity contribution < 1.29 is 23.5 Å². The molecule has 1 aliphatic carbocycles. The number of amides is 1. The number of carbonyl (C=O) groups excluding carboxylic acids is 2. The number of nitrogens with two attached hydrogens (primary N) is 1. The fraction of sp³-hybridized carbons (Fsp3) is 0.324. The molecule has 3 aromatic heterocycles. The topological polar surface area (TPSA) is 145 Å². The van der Waals surface area contributed by atoms with E-state index in [1.54, 1.807) is 24.4 Å². The lowest BCUT2D eigenvalue weighted by atomic mass is 9.99. The van der Waals surface area contributed by atoms with Gasteiger partial charge in [0.15, 0.2) is 0 Å². The van der Waals surface area contributed by atoms with Gasteiger partial charge in [0.2, 0.25) is 5.91 Å². The zero-order valence-electron chi connectivity index (χ0n) is 27.0. The van der Waals surface area contributed by atoms with E-state index in [0.29, 0.717) is 50.9 Å². The summed E-state index contributed by atoms with van der Waals surface area (Å²) in [6, 6.07) is 12.8. The molecule has 250 valence electrons. The molecule has 1 saturated heterocycles. The summed E-state index contributed by atoms with van der Waals surface area (Å²) in [5.74, 6) is -1.11. The molecule has 49 heavy (non-hydrogen) atoms. The lowest BCUT2D eigenvalue weighted by molar-refractivity contribution is -0.142. The van der Waals surface area contributed by atoms with Gasteiger partial charge in [0.1, 0.15) is 23.9 Å². The number of esters is 1. The molecule has 2 aromatic carbocycles. The Bertz CT molecular complexity index is 2250. The first-order chi connectivity index (χ1) is 23.7. The van der Waals surface area contributed by atoms with Gasteiger partial charge in [0.05, 0.1) is 42.4 Å². The molecule has 2 fully saturated rings. The lowest BCUT2D eigenvalue weighted by Crippen LogP contribution is -2.50. The van der Waals surface area contributed by atoms with Gasteiger partial charge in [0.25, 0.3) is 5.56 Å². The monoisotopic (exact) mass is 662 g/mol. The molecule has 0 unspecified atom stereocenters. The summed E-state index contributed by atoms with van der Waals surface area (Å²) >= 11 is 0. The van der Waals surface area contributed by atoms with Gasteiger partial charge in [-0.3, -0.25) is 23.9 Å². The number of carbonyl (C=O) groups is 2. The number of fused-ring (bicyclic) bond motifs is 2. The number of primary amides is 1. The van der Waals surface area contributed by atoms with E-state index >= 15 is 4.39 Å². The van der Waals surface area contributed by atoms with Crippen LogP contribution in [0.4, 0.5) is 4.39 Å². The molecule has 0 radical (unpaired) electrons. The Hall–Kier alpha value is -5.20. The van der Waals surface area contributed by atoms with Crippen molar-refractivity contribution in [1.82, 2.24) is 24.4 Å². The zero-order valence-corrected chi connectivity index (χ0v) is 27.0. The van der Waals surface area contributed by atoms with Crippen molar-refractivity contribution in [1.29, 1.82) is 0 Å². The highest BCUT2D eigenvalue weighted by Crippen LogP contribution is 2.41. The normalized spacial score (nSPS) is 16.9. The van der Waals surface area contributed by atoms with Gasteiger partial charge in [-0.15, -0.1) is 0 Å². The number of rotatable bonds is 9. The Labute approximate surface area is 280 Å². The molecular formula is C37H35FN6O5. The summed E-state index contributed by atoms with van der Waals surface area (Å²) in [5.41, 5.74) is 10.4. The number of benzene rings is 2. The van der Waals surface area contributed by atoms with Crippen LogP contribution < -0.4 is 11.3 Å². The van der Waals surface area contributed by atoms with Crippen LogP contribution in [0.1, 0.15) is 54.7 Å². The molecule has 0 bridgehead atoms. The maximum absolute atomic E-state index is 15.5. The van der Waals surface area contributed by atoms with Crippen molar-refractivity contribution in [2.24, 2.45) is 5.73 Å². The largest absolute Gasteiger partial charge is 0.461 e. The maximum Gasteiger partial charge on any atom is 0.302 e. The molecule has 2 aliphatic heterocycles. The lowest BCUT2D eigenvalue weighted by Gasteiger charge is -2.38. The molecule has 5 heterocycles. The minimum Gasteiger partial charge on any atom is -0.461 e. The first-order valence-corrected chi connectivity index (χ1v) is 16.5. The highest BCUT2D eigenvalue weighted by molar-refractivity contribution is 5.95. The van der Waals surface area contributed by atoms with Crippen molar-refractivity contribution in [3.05, 3.63) is 93.6 Å². The third-order valence-corrected chi connectivity index (χ3v) is 9.70. The molecule has 5 aromatic rings. The third-order valence-electron chi connectivity index (χ3n) is 9.70. The van der Waals surface area contributed by atoms with Crippen molar-refractivity contribution in [2.45, 2.75) is 51.2 Å². The smallest absolute Gasteiger partial charge is 0.302 e. The summed E-state index contributed by atoms with van der Waals surface area (Å²) in [6.07, 6.45) is 6.49. The SMILES string of the molecule is CC(=O)OCc1c(-c2nc(CC(N)=O)nc3[nH]c(C4=CCN(C5COC5)CC4)cc23)cccc1-n1ccc2cc(C3CC3)cc(F)c2c1=O. The number of H-pyrrole nitrogens is 1. The number of hydrogen-bond acceptors (Lipinski definition) is 8. The number of nitrogens with zero attached hydrogens (tertiary/aromatic N) is 4. The highest BCUT2D eigenvalue weighted by Gasteiger charge is 2.29. The molecule has 11 nitrogen and oxygen atoms in total. The fourth-order valence-corrected chi connectivity index (χ4v) is 6.90. The summed E-state index contributed by atoms with van der Waals surface area (Å²) < 4.78 is 27.8. The Morgan fingerprint density at radius 2 is 1.98 bits per heavy atom. The Kier molecular flexibility index (Phi) is 7.84. The summed E-state index contributed by atoms with van der Waals surface area (Å²) in [5, 5.41) is 1.21. The third kappa shape index (κ3) is 5.91. The molecular weight excluding hydrogens is 627 g/mol. The van der Waals surface area contributed by atoms with Crippen LogP contribution in [0.5, 0.6) is 0 Å². The molecule has 0 spiro atoms. The Morgan fingerprint density at radius 1 is 1.14 bits per heavy atom. The van der Waals surface area contributed by atoms with Gasteiger partial charge in [-0.1, -0.05) is 24.3 Å². The van der Waals surface area contributed by atoms with Gasteiger partial charge in [-0.2, -0.15) is 0 Å². The van der Waals surface area contributed by atoms with Gasteiger partial charge in [-0.05, 0) is 66.0 Å². The van der Waals surface area contributed by atoms with E-state index in [0.717, 1.165) is 62.4 Å². The Morgan fingerprint density at radius 3 is 2.67 bits per heavy atom. The van der Waals surface area contributed by atoms with Crippen LogP contribution >= 0.6 is 0 Å². The van der Waals surface area contributed by atoms with Gasteiger partial charge >= 0.3 is 5.97 Å². The van der Waals surface area contributed by atoms with E-state index in [9.17, 15) is 14.4 Å². The fourth-order valence-electron chi connectivity index (χ4n) is 6.90. The zero-order chi connectivity index (χ0) is 33.8. The predicted octanol–water partition coefficient (Wildman–Crippen LogP) is 4.52. The number of ether oxygens (including phenoxy) is 2. The number of aromatic nitrogens is 4. The number of hydrogen-bond donors (Lipinski definition) is 2. The van der Waals surface area contributed by atoms with E-state index in [-0.39, 0.29) is 24.2 Å². The summed E-state index contributed by atoms with van der Waals surface area (Å²) in [7, 11) is 0. The van der Waals surface area contributed by atoms with Gasteiger partial charge < -0.3 is 20.2 Å². The molecule has 1 saturated carbocycles. The second-order valence-electron chi connectivity index (χ2n) is 13.1. The number of halogens is 1. The predicted molar refractivity (Wildman–Crippen MR) is 182 cm³/mol. The summed E-state index contributed by atoms with van der Waals surface area (Å²) in [4.78, 5) is 53.4. The number of pyridine rings is 1. The van der Waals surface area contributed by atoms with Crippen LogP contribution in [-0.2, 0) is 32.1 Å². The van der Waals surface area contributed by atoms with Crippen molar-refractivity contribution in [3.63, 3.8) is 0 Å². The van der Waals surface area contributed by atoms with Crippen molar-refractivity contribution in [3.8, 4) is 16.9 Å². The van der Waals surface area contributed by atoms with E-state index in [1.165, 1.54) is 17.6 Å². The average molecular weight is 663 g/mol. The van der Waals surface area contributed by atoms with E-state index in [2.05, 4.69) is 20.9 Å². The minimum absolute atomic E-state index is 0.0108. The first kappa shape index (κ1) is 31.1. The van der Waals surface area contributed by atoms with Crippen molar-refractivity contribution >= 4 is 39.3 Å². The van der Waals surface area contributed by atoms with Crippen LogP contribution in [0.3, 0.4) is 0 Å². The van der Waals surface area contributed by atoms with Crippen LogP contribution in [0.25, 0.3) is 44.3 Å². The molecule has 3 N–H and O–H groups in total. The van der Waals surface area contributed by atoms with Gasteiger partial charge in [0, 0.05) is 48.4 Å². The van der Waals surface area contributed by atoms with Crippen molar-refractivity contribution in [2.75, 3.05) is 26.3 Å². The second-order valence-corrected chi connectivity index (χ2v) is 13.1. The number of nitrogens with one attached hydrogen (secondary N) is 1. The molecule has 3 aliphatic rings. The van der Waals surface area contributed by atoms with E-state index in [4.69, 9.17) is 20.2 Å². The minimum atomic E-state index is -0.587. The first-order valence-electron chi connectivity index (χ1n) is 16.5. The standard InChI is InChI=1S/C37H35FN6O5/c1-20(45)49-19-28-26(3-2-4-31(28)44-12-9-23-13-24(21-5-6-21)14-29(38)34(23)37(44)47)35-27-15-30(40-36(27)42-33(41-35)16-32(39)46)22-7-10-43(11-8-22)25-17-48-18-25/h2-4,7,9,12-15,21,25H,5-6,8,10-11,16-19H2,1H3,(H2,39,46)(H,40,41,42). The van der Waals surface area contributed by atoms with Crippen LogP contribution in [-0.4, -0.2) is 68.6 Å². The second kappa shape index (κ2) is 12.4. The molecule has 8 rings (SSSR count). The van der Waals surface area contributed by atoms with Crippen LogP contribution in [0, 0.1) is 5.82 Å². The molecule has 12 heteroatoms. The van der Waals surface area contributed by atoms with E-state index in [1.807, 2.05) is 18.2 Å². The highest BCUT2D eigenvalue weighted by atomic mass is 19.1. The van der Waals surface area contributed by atoms with Crippen LogP contribution in [0.2, 0.25) is 0 Å². The van der Waals surface area contributed by atoms with Gasteiger partial charge in [-0.25, -0.2) is 14.4 Å². The molecule has 0 atom stereocenters. The Balaban J connectivity index is 1.27. The number of aromatic amines is 1. The summed E-state index contributed by atoms with van der Waals surface area (Å²) in [6.45, 7) is 4.34.